The molecule has 0 aliphatic heterocycles. The maximum atomic E-state index is 9.17. The van der Waals surface area contributed by atoms with E-state index >= 15 is 0 Å². The third-order valence-corrected chi connectivity index (χ3v) is 4.40. The van der Waals surface area contributed by atoms with E-state index in [4.69, 9.17) is 5.26 Å². The van der Waals surface area contributed by atoms with E-state index in [0.717, 1.165) is 19.4 Å². The van der Waals surface area contributed by atoms with Crippen molar-refractivity contribution in [2.45, 2.75) is 38.5 Å². The fourth-order valence-electron chi connectivity index (χ4n) is 2.96. The maximum Gasteiger partial charge on any atom is 0.0749 e. The van der Waals surface area contributed by atoms with Crippen molar-refractivity contribution in [1.82, 2.24) is 0 Å². The lowest BCUT2D eigenvalue weighted by Gasteiger charge is -2.24. The van der Waals surface area contributed by atoms with Gasteiger partial charge in [-0.2, -0.15) is 5.26 Å². The van der Waals surface area contributed by atoms with Crippen LogP contribution in [0, 0.1) is 16.7 Å². The van der Waals surface area contributed by atoms with Crippen LogP contribution in [0.3, 0.4) is 0 Å². The Morgan fingerprint density at radius 3 is 2.61 bits per heavy atom. The third-order valence-electron chi connectivity index (χ3n) is 4.40. The van der Waals surface area contributed by atoms with E-state index in [1.807, 2.05) is 0 Å². The molecule has 18 heavy (non-hydrogen) atoms. The van der Waals surface area contributed by atoms with Crippen LogP contribution in [0.25, 0.3) is 0 Å². The number of hydrogen-bond acceptors (Lipinski definition) is 2. The number of nitrogens with zero attached hydrogens (tertiary/aromatic N) is 2. The Kier molecular flexibility index (Phi) is 2.78. The molecule has 0 atom stereocenters. The lowest BCUT2D eigenvalue weighted by atomic mass is 9.91. The van der Waals surface area contributed by atoms with E-state index in [9.17, 15) is 0 Å². The summed E-state index contributed by atoms with van der Waals surface area (Å²) in [7, 11) is 2.11. The van der Waals surface area contributed by atoms with Crippen LogP contribution in [0.4, 0.5) is 5.69 Å². The van der Waals surface area contributed by atoms with Gasteiger partial charge in [-0.3, -0.25) is 0 Å². The Hall–Kier alpha value is -1.49. The fraction of sp³-hybridized carbons (Fsp3) is 0.562. The summed E-state index contributed by atoms with van der Waals surface area (Å²) in [6.45, 7) is 0.877. The highest BCUT2D eigenvalue weighted by molar-refractivity contribution is 5.51. The molecule has 2 heteroatoms. The van der Waals surface area contributed by atoms with Crippen LogP contribution in [0.5, 0.6) is 0 Å². The summed E-state index contributed by atoms with van der Waals surface area (Å²) in [4.78, 5) is 2.26. The monoisotopic (exact) mass is 240 g/mol. The molecule has 0 saturated heterocycles. The molecule has 0 amide bonds. The Labute approximate surface area is 109 Å². The molecule has 94 valence electrons. The summed E-state index contributed by atoms with van der Waals surface area (Å²) >= 11 is 0. The molecule has 1 fully saturated rings. The molecule has 0 spiro atoms. The van der Waals surface area contributed by atoms with E-state index in [1.54, 1.807) is 0 Å². The SMILES string of the molecule is CN(CC1(C#N)CC1)c1ccc2c(c1)CCCC2. The van der Waals surface area contributed by atoms with Crippen molar-refractivity contribution < 1.29 is 0 Å². The second-order valence-corrected chi connectivity index (χ2v) is 5.91. The first kappa shape index (κ1) is 11.6. The average Bonchev–Trinajstić information content (AvgIpc) is 3.18. The number of nitriles is 1. The van der Waals surface area contributed by atoms with Gasteiger partial charge in [-0.05, 0) is 61.8 Å². The van der Waals surface area contributed by atoms with Crippen molar-refractivity contribution in [3.8, 4) is 6.07 Å². The molecule has 0 radical (unpaired) electrons. The molecule has 0 unspecified atom stereocenters. The van der Waals surface area contributed by atoms with Crippen LogP contribution < -0.4 is 4.90 Å². The van der Waals surface area contributed by atoms with Crippen molar-refractivity contribution >= 4 is 5.69 Å². The van der Waals surface area contributed by atoms with E-state index in [1.165, 1.54) is 42.5 Å². The number of anilines is 1. The van der Waals surface area contributed by atoms with Gasteiger partial charge in [0, 0.05) is 19.3 Å². The minimum atomic E-state index is -0.0509. The molecule has 0 aromatic heterocycles. The Morgan fingerprint density at radius 2 is 1.94 bits per heavy atom. The van der Waals surface area contributed by atoms with Crippen LogP contribution in [-0.4, -0.2) is 13.6 Å². The van der Waals surface area contributed by atoms with Gasteiger partial charge in [-0.15, -0.1) is 0 Å². The largest absolute Gasteiger partial charge is 0.373 e. The molecule has 0 heterocycles. The quantitative estimate of drug-likeness (QED) is 0.810. The molecule has 2 aliphatic rings. The van der Waals surface area contributed by atoms with Crippen LogP contribution in [-0.2, 0) is 12.8 Å². The zero-order chi connectivity index (χ0) is 12.6. The molecule has 1 aromatic rings. The first-order chi connectivity index (χ1) is 8.72. The first-order valence-electron chi connectivity index (χ1n) is 6.97. The zero-order valence-electron chi connectivity index (χ0n) is 11.1. The molecule has 0 bridgehead atoms. The van der Waals surface area contributed by atoms with Crippen molar-refractivity contribution in [2.75, 3.05) is 18.5 Å². The maximum absolute atomic E-state index is 9.17. The third kappa shape index (κ3) is 2.10. The predicted molar refractivity (Wildman–Crippen MR) is 73.6 cm³/mol. The van der Waals surface area contributed by atoms with Gasteiger partial charge in [0.25, 0.3) is 0 Å². The number of aryl methyl sites for hydroxylation is 2. The van der Waals surface area contributed by atoms with Gasteiger partial charge < -0.3 is 4.90 Å². The van der Waals surface area contributed by atoms with Crippen LogP contribution >= 0.6 is 0 Å². The Morgan fingerprint density at radius 1 is 1.22 bits per heavy atom. The van der Waals surface area contributed by atoms with Gasteiger partial charge in [0.05, 0.1) is 11.5 Å². The molecular formula is C16H20N2. The first-order valence-corrected chi connectivity index (χ1v) is 6.97. The molecule has 0 N–H and O–H groups in total. The topological polar surface area (TPSA) is 27.0 Å². The number of hydrogen-bond donors (Lipinski definition) is 0. The van der Waals surface area contributed by atoms with Crippen molar-refractivity contribution in [2.24, 2.45) is 5.41 Å². The predicted octanol–water partition coefficient (Wildman–Crippen LogP) is 3.31. The van der Waals surface area contributed by atoms with Crippen LogP contribution in [0.2, 0.25) is 0 Å². The van der Waals surface area contributed by atoms with Gasteiger partial charge in [0.2, 0.25) is 0 Å². The Bertz CT molecular complexity index is 494. The van der Waals surface area contributed by atoms with E-state index in [-0.39, 0.29) is 5.41 Å². The standard InChI is InChI=1S/C16H20N2/c1-18(12-16(11-17)8-9-16)15-7-6-13-4-2-3-5-14(13)10-15/h6-7,10H,2-5,8-9,12H2,1H3. The molecular weight excluding hydrogens is 220 g/mol. The second kappa shape index (κ2) is 4.31. The van der Waals surface area contributed by atoms with Gasteiger partial charge in [0.15, 0.2) is 0 Å². The normalized spacial score (nSPS) is 19.8. The minimum Gasteiger partial charge on any atom is -0.373 e. The van der Waals surface area contributed by atoms with E-state index in [0.29, 0.717) is 0 Å². The number of fused-ring (bicyclic) bond motifs is 1. The Balaban J connectivity index is 1.78. The summed E-state index contributed by atoms with van der Waals surface area (Å²) in [5.41, 5.74) is 4.27. The molecule has 1 saturated carbocycles. The average molecular weight is 240 g/mol. The van der Waals surface area contributed by atoms with Crippen molar-refractivity contribution in [1.29, 1.82) is 5.26 Å². The second-order valence-electron chi connectivity index (χ2n) is 5.91. The van der Waals surface area contributed by atoms with E-state index in [2.05, 4.69) is 36.2 Å². The summed E-state index contributed by atoms with van der Waals surface area (Å²) < 4.78 is 0. The molecule has 2 nitrogen and oxygen atoms in total. The molecule has 2 aliphatic carbocycles. The summed E-state index contributed by atoms with van der Waals surface area (Å²) in [5.74, 6) is 0. The van der Waals surface area contributed by atoms with Gasteiger partial charge >= 0.3 is 0 Å². The number of benzene rings is 1. The summed E-state index contributed by atoms with van der Waals surface area (Å²) in [5, 5.41) is 9.17. The fourth-order valence-corrected chi connectivity index (χ4v) is 2.96. The molecule has 3 rings (SSSR count). The van der Waals surface area contributed by atoms with Gasteiger partial charge in [-0.25, -0.2) is 0 Å². The summed E-state index contributed by atoms with van der Waals surface area (Å²) in [6.07, 6.45) is 7.25. The van der Waals surface area contributed by atoms with Crippen LogP contribution in [0.15, 0.2) is 18.2 Å². The highest BCUT2D eigenvalue weighted by Crippen LogP contribution is 2.45. The molecule has 1 aromatic carbocycles. The number of rotatable bonds is 3. The van der Waals surface area contributed by atoms with E-state index < -0.39 is 0 Å². The van der Waals surface area contributed by atoms with Gasteiger partial charge in [-0.1, -0.05) is 6.07 Å². The highest BCUT2D eigenvalue weighted by atomic mass is 15.1. The summed E-state index contributed by atoms with van der Waals surface area (Å²) in [6, 6.07) is 9.31. The van der Waals surface area contributed by atoms with Crippen LogP contribution in [0.1, 0.15) is 36.8 Å². The van der Waals surface area contributed by atoms with Gasteiger partial charge in [0.1, 0.15) is 0 Å². The van der Waals surface area contributed by atoms with Crippen molar-refractivity contribution in [3.05, 3.63) is 29.3 Å². The minimum absolute atomic E-state index is 0.0509. The lowest BCUT2D eigenvalue weighted by Crippen LogP contribution is -2.25. The van der Waals surface area contributed by atoms with Crippen molar-refractivity contribution in [3.63, 3.8) is 0 Å². The highest BCUT2D eigenvalue weighted by Gasteiger charge is 2.44. The zero-order valence-corrected chi connectivity index (χ0v) is 11.1. The smallest absolute Gasteiger partial charge is 0.0749 e. The lowest BCUT2D eigenvalue weighted by molar-refractivity contribution is 0.650.